The quantitative estimate of drug-likeness (QED) is 0.852. The molecule has 0 radical (unpaired) electrons. The molecule has 1 aliphatic carbocycles. The number of hydrogen-bond acceptors (Lipinski definition) is 2. The molecule has 1 heterocycles. The van der Waals surface area contributed by atoms with Gasteiger partial charge in [-0.15, -0.1) is 11.3 Å². The molecule has 0 aromatic carbocycles. The van der Waals surface area contributed by atoms with Gasteiger partial charge in [0.1, 0.15) is 0 Å². The van der Waals surface area contributed by atoms with E-state index in [1.807, 2.05) is 11.4 Å². The lowest BCUT2D eigenvalue weighted by Gasteiger charge is -1.98. The van der Waals surface area contributed by atoms with Crippen molar-refractivity contribution in [3.05, 3.63) is 20.8 Å². The van der Waals surface area contributed by atoms with E-state index in [0.29, 0.717) is 6.04 Å². The van der Waals surface area contributed by atoms with Crippen LogP contribution < -0.4 is 5.32 Å². The molecule has 12 heavy (non-hydrogen) atoms. The first-order valence-electron chi connectivity index (χ1n) is 3.80. The van der Waals surface area contributed by atoms with Crippen molar-refractivity contribution in [3.8, 4) is 0 Å². The van der Waals surface area contributed by atoms with E-state index in [-0.39, 0.29) is 5.91 Å². The van der Waals surface area contributed by atoms with Crippen molar-refractivity contribution in [3.63, 3.8) is 0 Å². The largest absolute Gasteiger partial charge is 0.349 e. The first-order chi connectivity index (χ1) is 5.75. The van der Waals surface area contributed by atoms with E-state index in [0.717, 1.165) is 22.2 Å². The minimum Gasteiger partial charge on any atom is -0.349 e. The Hall–Kier alpha value is -0.350. The summed E-state index contributed by atoms with van der Waals surface area (Å²) >= 11 is 4.86. The van der Waals surface area contributed by atoms with Crippen molar-refractivity contribution >= 4 is 33.2 Å². The van der Waals surface area contributed by atoms with E-state index >= 15 is 0 Å². The standard InChI is InChI=1S/C8H8BrNOS/c9-7-3-5(4-12-7)8(11)10-6-1-2-6/h3-4,6H,1-2H2,(H,10,11). The highest BCUT2D eigenvalue weighted by Crippen LogP contribution is 2.23. The van der Waals surface area contributed by atoms with Crippen molar-refractivity contribution in [2.75, 3.05) is 0 Å². The molecule has 1 fully saturated rings. The fraction of sp³-hybridized carbons (Fsp3) is 0.375. The molecule has 2 rings (SSSR count). The van der Waals surface area contributed by atoms with Gasteiger partial charge < -0.3 is 5.32 Å². The highest BCUT2D eigenvalue weighted by Gasteiger charge is 2.23. The molecule has 1 amide bonds. The molecule has 0 aliphatic heterocycles. The van der Waals surface area contributed by atoms with E-state index < -0.39 is 0 Å². The summed E-state index contributed by atoms with van der Waals surface area (Å²) in [5, 5.41) is 4.79. The molecule has 1 aliphatic rings. The van der Waals surface area contributed by atoms with Gasteiger partial charge in [0.2, 0.25) is 0 Å². The van der Waals surface area contributed by atoms with Crippen LogP contribution in [-0.4, -0.2) is 11.9 Å². The first kappa shape index (κ1) is 8.26. The lowest BCUT2D eigenvalue weighted by Crippen LogP contribution is -2.24. The van der Waals surface area contributed by atoms with Crippen molar-refractivity contribution in [1.82, 2.24) is 5.32 Å². The van der Waals surface area contributed by atoms with Crippen LogP contribution in [0.25, 0.3) is 0 Å². The Bertz CT molecular complexity index is 306. The average molecular weight is 246 g/mol. The molecule has 2 nitrogen and oxygen atoms in total. The minimum absolute atomic E-state index is 0.0550. The Morgan fingerprint density at radius 3 is 2.92 bits per heavy atom. The zero-order valence-electron chi connectivity index (χ0n) is 6.34. The third-order valence-corrected chi connectivity index (χ3v) is 3.25. The lowest BCUT2D eigenvalue weighted by molar-refractivity contribution is 0.0951. The molecule has 1 saturated carbocycles. The lowest BCUT2D eigenvalue weighted by atomic mass is 10.3. The van der Waals surface area contributed by atoms with Crippen LogP contribution in [0.1, 0.15) is 23.2 Å². The maximum Gasteiger partial charge on any atom is 0.252 e. The summed E-state index contributed by atoms with van der Waals surface area (Å²) in [6, 6.07) is 2.29. The van der Waals surface area contributed by atoms with Gasteiger partial charge in [0, 0.05) is 11.4 Å². The molecule has 0 saturated heterocycles. The first-order valence-corrected chi connectivity index (χ1v) is 5.48. The van der Waals surface area contributed by atoms with Crippen LogP contribution in [0.5, 0.6) is 0 Å². The number of rotatable bonds is 2. The van der Waals surface area contributed by atoms with Crippen LogP contribution in [0.3, 0.4) is 0 Å². The zero-order valence-corrected chi connectivity index (χ0v) is 8.74. The van der Waals surface area contributed by atoms with Crippen LogP contribution >= 0.6 is 27.3 Å². The van der Waals surface area contributed by atoms with E-state index in [1.165, 1.54) is 11.3 Å². The minimum atomic E-state index is 0.0550. The van der Waals surface area contributed by atoms with Crippen LogP contribution in [0.2, 0.25) is 0 Å². The van der Waals surface area contributed by atoms with E-state index in [2.05, 4.69) is 21.2 Å². The van der Waals surface area contributed by atoms with Crippen LogP contribution in [0.15, 0.2) is 15.2 Å². The number of carbonyl (C=O) groups excluding carboxylic acids is 1. The predicted molar refractivity (Wildman–Crippen MR) is 52.5 cm³/mol. The maximum atomic E-state index is 11.4. The Labute approximate surface area is 83.1 Å². The molecule has 4 heteroatoms. The molecular weight excluding hydrogens is 238 g/mol. The Morgan fingerprint density at radius 2 is 2.42 bits per heavy atom. The van der Waals surface area contributed by atoms with Gasteiger partial charge in [-0.3, -0.25) is 4.79 Å². The van der Waals surface area contributed by atoms with Gasteiger partial charge in [-0.05, 0) is 34.8 Å². The molecule has 1 aromatic heterocycles. The van der Waals surface area contributed by atoms with Crippen LogP contribution in [-0.2, 0) is 0 Å². The molecule has 1 aromatic rings. The molecule has 0 atom stereocenters. The third kappa shape index (κ3) is 1.87. The summed E-state index contributed by atoms with van der Waals surface area (Å²) in [6.07, 6.45) is 2.27. The van der Waals surface area contributed by atoms with E-state index in [4.69, 9.17) is 0 Å². The van der Waals surface area contributed by atoms with Gasteiger partial charge in [0.15, 0.2) is 0 Å². The number of thiophene rings is 1. The van der Waals surface area contributed by atoms with Gasteiger partial charge in [-0.1, -0.05) is 0 Å². The third-order valence-electron chi connectivity index (χ3n) is 1.74. The van der Waals surface area contributed by atoms with Crippen molar-refractivity contribution in [2.24, 2.45) is 0 Å². The smallest absolute Gasteiger partial charge is 0.252 e. The molecule has 64 valence electrons. The van der Waals surface area contributed by atoms with Gasteiger partial charge in [-0.25, -0.2) is 0 Å². The van der Waals surface area contributed by atoms with Gasteiger partial charge in [0.25, 0.3) is 5.91 Å². The summed E-state index contributed by atoms with van der Waals surface area (Å²) in [4.78, 5) is 11.4. The second-order valence-electron chi connectivity index (χ2n) is 2.89. The summed E-state index contributed by atoms with van der Waals surface area (Å²) in [5.41, 5.74) is 0.763. The number of halogens is 1. The topological polar surface area (TPSA) is 29.1 Å². The fourth-order valence-corrected chi connectivity index (χ4v) is 2.06. The van der Waals surface area contributed by atoms with Crippen LogP contribution in [0.4, 0.5) is 0 Å². The average Bonchev–Trinajstić information content (AvgIpc) is 2.72. The maximum absolute atomic E-state index is 11.4. The number of amides is 1. The molecule has 0 unspecified atom stereocenters. The molecule has 1 N–H and O–H groups in total. The molecule has 0 spiro atoms. The van der Waals surface area contributed by atoms with Crippen molar-refractivity contribution in [1.29, 1.82) is 0 Å². The Balaban J connectivity index is 2.03. The summed E-state index contributed by atoms with van der Waals surface area (Å²) in [5.74, 6) is 0.0550. The van der Waals surface area contributed by atoms with Gasteiger partial charge in [0.05, 0.1) is 9.35 Å². The fourth-order valence-electron chi connectivity index (χ4n) is 0.926. The number of hydrogen-bond donors (Lipinski definition) is 1. The number of nitrogens with one attached hydrogen (secondary N) is 1. The predicted octanol–water partition coefficient (Wildman–Crippen LogP) is 2.40. The Morgan fingerprint density at radius 1 is 1.67 bits per heavy atom. The van der Waals surface area contributed by atoms with E-state index in [1.54, 1.807) is 0 Å². The van der Waals surface area contributed by atoms with Crippen molar-refractivity contribution < 1.29 is 4.79 Å². The monoisotopic (exact) mass is 245 g/mol. The zero-order chi connectivity index (χ0) is 8.55. The van der Waals surface area contributed by atoms with Gasteiger partial charge in [-0.2, -0.15) is 0 Å². The molecule has 0 bridgehead atoms. The summed E-state index contributed by atoms with van der Waals surface area (Å²) in [6.45, 7) is 0. The second kappa shape index (κ2) is 3.18. The summed E-state index contributed by atoms with van der Waals surface area (Å²) in [7, 11) is 0. The summed E-state index contributed by atoms with van der Waals surface area (Å²) < 4.78 is 1.00. The van der Waals surface area contributed by atoms with Crippen molar-refractivity contribution in [2.45, 2.75) is 18.9 Å². The Kier molecular flexibility index (Phi) is 2.19. The highest BCUT2D eigenvalue weighted by atomic mass is 79.9. The normalized spacial score (nSPS) is 16.1. The van der Waals surface area contributed by atoms with Gasteiger partial charge >= 0.3 is 0 Å². The SMILES string of the molecule is O=C(NC1CC1)c1csc(Br)c1. The number of carbonyl (C=O) groups is 1. The molecular formula is C8H8BrNOS. The second-order valence-corrected chi connectivity index (χ2v) is 5.18. The highest BCUT2D eigenvalue weighted by molar-refractivity contribution is 9.11. The van der Waals surface area contributed by atoms with E-state index in [9.17, 15) is 4.79 Å². The van der Waals surface area contributed by atoms with Crippen LogP contribution in [0, 0.1) is 0 Å².